The molecule has 0 N–H and O–H groups in total. The van der Waals surface area contributed by atoms with E-state index in [0.29, 0.717) is 12.6 Å². The Morgan fingerprint density at radius 2 is 1.81 bits per heavy atom. The summed E-state index contributed by atoms with van der Waals surface area (Å²) >= 11 is 0. The lowest BCUT2D eigenvalue weighted by Gasteiger charge is -2.07. The van der Waals surface area contributed by atoms with Crippen molar-refractivity contribution in [1.82, 2.24) is 9.97 Å². The van der Waals surface area contributed by atoms with E-state index < -0.39 is 0 Å². The van der Waals surface area contributed by atoms with Gasteiger partial charge in [-0.25, -0.2) is 9.97 Å². The Bertz CT molecular complexity index is 463. The summed E-state index contributed by atoms with van der Waals surface area (Å²) in [7, 11) is 0. The molecule has 0 aliphatic heterocycles. The minimum absolute atomic E-state index is 0.485. The second-order valence-corrected chi connectivity index (χ2v) is 5.36. The molecule has 0 fully saturated rings. The SMILES string of the molecule is CCCCCCCCOc1ncc(C2=CC[CH]C=C2)cn1. The van der Waals surface area contributed by atoms with Crippen LogP contribution in [0.25, 0.3) is 5.57 Å². The van der Waals surface area contributed by atoms with Crippen LogP contribution in [0.2, 0.25) is 0 Å². The number of nitrogens with zero attached hydrogens (tertiary/aromatic N) is 2. The average Bonchev–Trinajstić information content (AvgIpc) is 2.55. The molecule has 113 valence electrons. The van der Waals surface area contributed by atoms with Crippen LogP contribution in [0.5, 0.6) is 6.01 Å². The summed E-state index contributed by atoms with van der Waals surface area (Å²) in [5.41, 5.74) is 2.23. The van der Waals surface area contributed by atoms with Gasteiger partial charge >= 0.3 is 6.01 Å². The predicted molar refractivity (Wildman–Crippen MR) is 86.9 cm³/mol. The first-order valence-corrected chi connectivity index (χ1v) is 8.05. The van der Waals surface area contributed by atoms with Gasteiger partial charge in [0.2, 0.25) is 0 Å². The molecule has 0 saturated heterocycles. The second kappa shape index (κ2) is 9.32. The maximum atomic E-state index is 5.59. The zero-order chi connectivity index (χ0) is 14.8. The summed E-state index contributed by atoms with van der Waals surface area (Å²) in [6, 6.07) is 0.485. The molecule has 1 aliphatic rings. The van der Waals surface area contributed by atoms with Gasteiger partial charge in [-0.05, 0) is 24.8 Å². The number of allylic oxidation sites excluding steroid dienone is 4. The lowest BCUT2D eigenvalue weighted by Crippen LogP contribution is -2.01. The van der Waals surface area contributed by atoms with Crippen molar-refractivity contribution in [3.05, 3.63) is 42.6 Å². The van der Waals surface area contributed by atoms with E-state index in [-0.39, 0.29) is 0 Å². The molecule has 21 heavy (non-hydrogen) atoms. The van der Waals surface area contributed by atoms with Gasteiger partial charge in [0.1, 0.15) is 0 Å². The Morgan fingerprint density at radius 3 is 2.52 bits per heavy atom. The first-order valence-electron chi connectivity index (χ1n) is 8.05. The van der Waals surface area contributed by atoms with E-state index in [2.05, 4.69) is 41.5 Å². The number of hydrogen-bond donors (Lipinski definition) is 0. The van der Waals surface area contributed by atoms with Crippen LogP contribution in [0.15, 0.2) is 30.6 Å². The van der Waals surface area contributed by atoms with E-state index in [4.69, 9.17) is 4.74 Å². The van der Waals surface area contributed by atoms with Crippen LogP contribution in [0.4, 0.5) is 0 Å². The summed E-state index contributed by atoms with van der Waals surface area (Å²) in [6.07, 6.45) is 20.7. The normalized spacial score (nSPS) is 14.0. The lowest BCUT2D eigenvalue weighted by atomic mass is 10.0. The third-order valence-electron chi connectivity index (χ3n) is 3.58. The van der Waals surface area contributed by atoms with Crippen molar-refractivity contribution in [2.75, 3.05) is 6.61 Å². The van der Waals surface area contributed by atoms with Gasteiger partial charge in [0.15, 0.2) is 0 Å². The van der Waals surface area contributed by atoms with Gasteiger partial charge in [-0.3, -0.25) is 0 Å². The zero-order valence-electron chi connectivity index (χ0n) is 12.9. The van der Waals surface area contributed by atoms with Gasteiger partial charge < -0.3 is 4.74 Å². The topological polar surface area (TPSA) is 35.0 Å². The first-order chi connectivity index (χ1) is 10.4. The van der Waals surface area contributed by atoms with Gasteiger partial charge in [0.05, 0.1) is 6.61 Å². The highest BCUT2D eigenvalue weighted by Gasteiger charge is 2.04. The maximum absolute atomic E-state index is 5.59. The standard InChI is InChI=1S/C18H25N2O/c1-2-3-4-5-6-10-13-21-18-19-14-17(15-20-18)16-11-8-7-9-12-16/h7-8,11-12,14-15H,2-6,9-10,13H2,1H3. The molecular weight excluding hydrogens is 260 g/mol. The number of aromatic nitrogens is 2. The number of hydrogen-bond acceptors (Lipinski definition) is 3. The fourth-order valence-electron chi connectivity index (χ4n) is 2.31. The highest BCUT2D eigenvalue weighted by molar-refractivity contribution is 5.74. The van der Waals surface area contributed by atoms with Crippen molar-refractivity contribution in [2.45, 2.75) is 51.9 Å². The Morgan fingerprint density at radius 1 is 1.05 bits per heavy atom. The summed E-state index contributed by atoms with van der Waals surface area (Å²) < 4.78 is 5.59. The van der Waals surface area contributed by atoms with E-state index in [1.807, 2.05) is 12.4 Å². The minimum Gasteiger partial charge on any atom is -0.463 e. The molecule has 2 rings (SSSR count). The monoisotopic (exact) mass is 285 g/mol. The van der Waals surface area contributed by atoms with E-state index in [9.17, 15) is 0 Å². The molecule has 3 nitrogen and oxygen atoms in total. The molecule has 0 unspecified atom stereocenters. The van der Waals surface area contributed by atoms with Crippen LogP contribution < -0.4 is 4.74 Å². The van der Waals surface area contributed by atoms with E-state index >= 15 is 0 Å². The number of ether oxygens (including phenoxy) is 1. The molecule has 1 heterocycles. The fraction of sp³-hybridized carbons (Fsp3) is 0.500. The lowest BCUT2D eigenvalue weighted by molar-refractivity contribution is 0.281. The Labute approximate surface area is 128 Å². The van der Waals surface area contributed by atoms with Crippen LogP contribution in [-0.4, -0.2) is 16.6 Å². The molecule has 1 aromatic heterocycles. The largest absolute Gasteiger partial charge is 0.463 e. The quantitative estimate of drug-likeness (QED) is 0.613. The summed E-state index contributed by atoms with van der Waals surface area (Å²) in [5, 5.41) is 0. The Kier molecular flexibility index (Phi) is 6.99. The van der Waals surface area contributed by atoms with Gasteiger partial charge in [-0.1, -0.05) is 57.3 Å². The highest BCUT2D eigenvalue weighted by atomic mass is 16.5. The predicted octanol–water partition coefficient (Wildman–Crippen LogP) is 4.76. The molecule has 0 amide bonds. The van der Waals surface area contributed by atoms with Crippen molar-refractivity contribution in [1.29, 1.82) is 0 Å². The van der Waals surface area contributed by atoms with Crippen LogP contribution >= 0.6 is 0 Å². The van der Waals surface area contributed by atoms with Crippen molar-refractivity contribution in [3.8, 4) is 6.01 Å². The van der Waals surface area contributed by atoms with Gasteiger partial charge in [0.25, 0.3) is 0 Å². The van der Waals surface area contributed by atoms with Crippen LogP contribution in [0.3, 0.4) is 0 Å². The first kappa shape index (κ1) is 15.7. The van der Waals surface area contributed by atoms with E-state index in [0.717, 1.165) is 18.4 Å². The highest BCUT2D eigenvalue weighted by Crippen LogP contribution is 2.20. The molecule has 1 aromatic rings. The number of unbranched alkanes of at least 4 members (excludes halogenated alkanes) is 5. The molecule has 0 bridgehead atoms. The van der Waals surface area contributed by atoms with Crippen molar-refractivity contribution in [2.24, 2.45) is 0 Å². The fourth-order valence-corrected chi connectivity index (χ4v) is 2.31. The van der Waals surface area contributed by atoms with Gasteiger partial charge in [-0.15, -0.1) is 0 Å². The van der Waals surface area contributed by atoms with Gasteiger partial charge in [-0.2, -0.15) is 0 Å². The summed E-state index contributed by atoms with van der Waals surface area (Å²) in [6.45, 7) is 2.95. The molecule has 1 aliphatic carbocycles. The van der Waals surface area contributed by atoms with Crippen LogP contribution in [0, 0.1) is 6.42 Å². The Hall–Kier alpha value is -1.64. The Balaban J connectivity index is 1.68. The summed E-state index contributed by atoms with van der Waals surface area (Å²) in [5.74, 6) is 0. The van der Waals surface area contributed by atoms with Crippen LogP contribution in [0.1, 0.15) is 57.4 Å². The molecule has 0 saturated carbocycles. The smallest absolute Gasteiger partial charge is 0.316 e. The van der Waals surface area contributed by atoms with Gasteiger partial charge in [0, 0.05) is 18.0 Å². The minimum atomic E-state index is 0.485. The number of rotatable bonds is 9. The van der Waals surface area contributed by atoms with E-state index in [1.54, 1.807) is 0 Å². The van der Waals surface area contributed by atoms with Crippen molar-refractivity contribution in [3.63, 3.8) is 0 Å². The molecule has 3 heteroatoms. The molecular formula is C18H25N2O. The van der Waals surface area contributed by atoms with Crippen molar-refractivity contribution >= 4 is 5.57 Å². The molecule has 0 aromatic carbocycles. The third kappa shape index (κ3) is 5.70. The average molecular weight is 285 g/mol. The second-order valence-electron chi connectivity index (χ2n) is 5.36. The summed E-state index contributed by atoms with van der Waals surface area (Å²) in [4.78, 5) is 8.57. The zero-order valence-corrected chi connectivity index (χ0v) is 12.9. The van der Waals surface area contributed by atoms with Crippen molar-refractivity contribution < 1.29 is 4.74 Å². The molecule has 0 atom stereocenters. The van der Waals surface area contributed by atoms with E-state index in [1.165, 1.54) is 37.7 Å². The van der Waals surface area contributed by atoms with Crippen LogP contribution in [-0.2, 0) is 0 Å². The maximum Gasteiger partial charge on any atom is 0.316 e. The molecule has 0 spiro atoms. The third-order valence-corrected chi connectivity index (χ3v) is 3.58. The molecule has 1 radical (unpaired) electrons.